The molecule has 4 saturated carbocycles. The van der Waals surface area contributed by atoms with E-state index in [0.29, 0.717) is 39.7 Å². The van der Waals surface area contributed by atoms with Crippen molar-refractivity contribution in [2.75, 3.05) is 17.7 Å². The van der Waals surface area contributed by atoms with Crippen LogP contribution in [0.4, 0.5) is 26.4 Å². The Balaban J connectivity index is 1.39. The maximum absolute atomic E-state index is 13.7. The number of pyridine rings is 1. The van der Waals surface area contributed by atoms with E-state index in [0.717, 1.165) is 19.3 Å². The highest BCUT2D eigenvalue weighted by Crippen LogP contribution is 2.55. The molecular formula is C24H27ClFN5O2. The molecule has 0 spiro atoms. The first-order valence-corrected chi connectivity index (χ1v) is 11.7. The number of urea groups is 1. The van der Waals surface area contributed by atoms with Gasteiger partial charge in [0.1, 0.15) is 5.82 Å². The van der Waals surface area contributed by atoms with Crippen LogP contribution in [0.2, 0.25) is 5.02 Å². The van der Waals surface area contributed by atoms with Crippen molar-refractivity contribution in [2.24, 2.45) is 17.8 Å². The van der Waals surface area contributed by atoms with E-state index < -0.39 is 5.82 Å². The Morgan fingerprint density at radius 1 is 1.06 bits per heavy atom. The van der Waals surface area contributed by atoms with E-state index in [-0.39, 0.29) is 23.3 Å². The number of carbonyl (C=O) groups is 2. The number of hydrogen-bond acceptors (Lipinski definition) is 4. The van der Waals surface area contributed by atoms with E-state index in [4.69, 9.17) is 11.6 Å². The van der Waals surface area contributed by atoms with Crippen molar-refractivity contribution in [3.05, 3.63) is 46.9 Å². The number of nitrogens with zero attached hydrogens (tertiary/aromatic N) is 1. The van der Waals surface area contributed by atoms with Crippen molar-refractivity contribution in [1.29, 1.82) is 0 Å². The number of aromatic nitrogens is 1. The summed E-state index contributed by atoms with van der Waals surface area (Å²) in [5, 5.41) is 12.0. The summed E-state index contributed by atoms with van der Waals surface area (Å²) >= 11 is 6.19. The summed E-state index contributed by atoms with van der Waals surface area (Å²) in [6.45, 7) is 0. The number of amides is 3. The average Bonchev–Trinajstić information content (AvgIpc) is 2.75. The Morgan fingerprint density at radius 2 is 1.73 bits per heavy atom. The highest BCUT2D eigenvalue weighted by atomic mass is 35.5. The largest absolute Gasteiger partial charge is 0.355 e. The predicted molar refractivity (Wildman–Crippen MR) is 125 cm³/mol. The zero-order chi connectivity index (χ0) is 23.2. The number of carbonyl (C=O) groups excluding carboxylic acids is 2. The summed E-state index contributed by atoms with van der Waals surface area (Å²) in [6, 6.07) is 5.15. The Morgan fingerprint density at radius 3 is 2.36 bits per heavy atom. The van der Waals surface area contributed by atoms with E-state index in [1.54, 1.807) is 6.07 Å². The molecule has 4 fully saturated rings. The highest BCUT2D eigenvalue weighted by Gasteiger charge is 2.51. The van der Waals surface area contributed by atoms with Crippen molar-refractivity contribution in [3.63, 3.8) is 0 Å². The van der Waals surface area contributed by atoms with Gasteiger partial charge in [-0.2, -0.15) is 0 Å². The monoisotopic (exact) mass is 471 g/mol. The Hall–Kier alpha value is -2.87. The van der Waals surface area contributed by atoms with Gasteiger partial charge in [0, 0.05) is 18.8 Å². The minimum atomic E-state index is -0.460. The SMILES string of the molecule is CNC(=O)c1cnc(Nc2cc(F)ccc2Cl)c(NC(=O)NC23CC4CC(CC(C4)C2)C3)c1. The molecule has 0 unspecified atom stereocenters. The molecule has 9 heteroatoms. The minimum absolute atomic E-state index is 0.163. The second kappa shape index (κ2) is 8.48. The van der Waals surface area contributed by atoms with Gasteiger partial charge in [-0.3, -0.25) is 4.79 Å². The lowest BCUT2D eigenvalue weighted by Gasteiger charge is -2.56. The average molecular weight is 472 g/mol. The lowest BCUT2D eigenvalue weighted by Crippen LogP contribution is -2.60. The third-order valence-electron chi connectivity index (χ3n) is 7.22. The number of rotatable bonds is 5. The molecule has 7 nitrogen and oxygen atoms in total. The molecule has 0 aliphatic heterocycles. The maximum atomic E-state index is 13.7. The third-order valence-corrected chi connectivity index (χ3v) is 7.55. The van der Waals surface area contributed by atoms with Gasteiger partial charge in [0.2, 0.25) is 0 Å². The predicted octanol–water partition coefficient (Wildman–Crippen LogP) is 5.07. The van der Waals surface area contributed by atoms with Crippen LogP contribution in [-0.4, -0.2) is 29.5 Å². The summed E-state index contributed by atoms with van der Waals surface area (Å²) in [6.07, 6.45) is 8.29. The number of halogens is 2. The zero-order valence-electron chi connectivity index (χ0n) is 18.4. The number of hydrogen-bond donors (Lipinski definition) is 4. The lowest BCUT2D eigenvalue weighted by molar-refractivity contribution is -0.0127. The normalized spacial score (nSPS) is 27.2. The van der Waals surface area contributed by atoms with Crippen LogP contribution in [0.3, 0.4) is 0 Å². The Bertz CT molecular complexity index is 1070. The van der Waals surface area contributed by atoms with Crippen LogP contribution in [0.5, 0.6) is 0 Å². The lowest BCUT2D eigenvalue weighted by atomic mass is 9.53. The summed E-state index contributed by atoms with van der Waals surface area (Å²) in [4.78, 5) is 29.6. The van der Waals surface area contributed by atoms with Gasteiger partial charge in [0.25, 0.3) is 5.91 Å². The van der Waals surface area contributed by atoms with E-state index >= 15 is 0 Å². The van der Waals surface area contributed by atoms with Crippen molar-refractivity contribution >= 4 is 40.7 Å². The van der Waals surface area contributed by atoms with Crippen LogP contribution in [0.15, 0.2) is 30.5 Å². The van der Waals surface area contributed by atoms with Gasteiger partial charge in [0.05, 0.1) is 22.0 Å². The van der Waals surface area contributed by atoms with Crippen molar-refractivity contribution in [2.45, 2.75) is 44.1 Å². The van der Waals surface area contributed by atoms with Gasteiger partial charge in [-0.1, -0.05) is 11.6 Å². The fraction of sp³-hybridized carbons (Fsp3) is 0.458. The summed E-state index contributed by atoms with van der Waals surface area (Å²) in [5.74, 6) is 1.56. The molecule has 1 aromatic carbocycles. The van der Waals surface area contributed by atoms with E-state index in [2.05, 4.69) is 26.3 Å². The van der Waals surface area contributed by atoms with Gasteiger partial charge in [-0.15, -0.1) is 0 Å². The first-order chi connectivity index (χ1) is 15.8. The van der Waals surface area contributed by atoms with Gasteiger partial charge < -0.3 is 21.3 Å². The van der Waals surface area contributed by atoms with Crippen LogP contribution in [0.25, 0.3) is 0 Å². The summed E-state index contributed by atoms with van der Waals surface area (Å²) in [5.41, 5.74) is 0.739. The molecule has 1 heterocycles. The topological polar surface area (TPSA) is 95.2 Å². The Labute approximate surface area is 196 Å². The fourth-order valence-corrected chi connectivity index (χ4v) is 6.47. The number of anilines is 3. The smallest absolute Gasteiger partial charge is 0.319 e. The first kappa shape index (κ1) is 21.9. The van der Waals surface area contributed by atoms with Crippen molar-refractivity contribution in [3.8, 4) is 0 Å². The molecule has 4 bridgehead atoms. The molecule has 174 valence electrons. The zero-order valence-corrected chi connectivity index (χ0v) is 19.1. The first-order valence-electron chi connectivity index (χ1n) is 11.4. The highest BCUT2D eigenvalue weighted by molar-refractivity contribution is 6.33. The summed E-state index contributed by atoms with van der Waals surface area (Å²) < 4.78 is 13.7. The third kappa shape index (κ3) is 4.49. The van der Waals surface area contributed by atoms with Crippen molar-refractivity contribution < 1.29 is 14.0 Å². The second-order valence-electron chi connectivity index (χ2n) is 9.73. The van der Waals surface area contributed by atoms with Crippen LogP contribution >= 0.6 is 11.6 Å². The van der Waals surface area contributed by atoms with E-state index in [1.165, 1.54) is 50.7 Å². The van der Waals surface area contributed by atoms with Crippen LogP contribution in [-0.2, 0) is 0 Å². The molecule has 0 atom stereocenters. The van der Waals surface area contributed by atoms with Gasteiger partial charge >= 0.3 is 6.03 Å². The van der Waals surface area contributed by atoms with Crippen LogP contribution < -0.4 is 21.3 Å². The molecule has 4 N–H and O–H groups in total. The molecule has 4 aliphatic rings. The molecular weight excluding hydrogens is 445 g/mol. The molecule has 33 heavy (non-hydrogen) atoms. The molecule has 0 radical (unpaired) electrons. The molecule has 4 aliphatic carbocycles. The molecule has 3 amide bonds. The van der Waals surface area contributed by atoms with Crippen LogP contribution in [0.1, 0.15) is 48.9 Å². The second-order valence-corrected chi connectivity index (χ2v) is 10.1. The van der Waals surface area contributed by atoms with E-state index in [9.17, 15) is 14.0 Å². The summed E-state index contributed by atoms with van der Waals surface area (Å²) in [7, 11) is 1.52. The standard InChI is InChI=1S/C24H27ClFN5O2/c1-27-22(32)16-7-20(21(28-12-16)29-19-8-17(26)2-3-18(19)25)30-23(33)31-24-9-13-4-14(10-24)6-15(5-13)11-24/h2-3,7-8,12-15H,4-6,9-11H2,1H3,(H,27,32)(H,28,29)(H2,30,31,33). The maximum Gasteiger partial charge on any atom is 0.319 e. The van der Waals surface area contributed by atoms with Gasteiger partial charge in [-0.25, -0.2) is 14.2 Å². The molecule has 0 saturated heterocycles. The fourth-order valence-electron chi connectivity index (χ4n) is 6.31. The molecule has 2 aromatic rings. The Kier molecular flexibility index (Phi) is 5.64. The quantitative estimate of drug-likeness (QED) is 0.489. The minimum Gasteiger partial charge on any atom is -0.355 e. The van der Waals surface area contributed by atoms with Gasteiger partial charge in [-0.05, 0) is 80.5 Å². The van der Waals surface area contributed by atoms with Gasteiger partial charge in [0.15, 0.2) is 5.82 Å². The van der Waals surface area contributed by atoms with Crippen molar-refractivity contribution in [1.82, 2.24) is 15.6 Å². The molecule has 1 aromatic heterocycles. The number of nitrogens with one attached hydrogen (secondary N) is 4. The number of benzene rings is 1. The molecule has 6 rings (SSSR count). The van der Waals surface area contributed by atoms with Crippen LogP contribution in [0, 0.1) is 23.6 Å². The van der Waals surface area contributed by atoms with E-state index in [1.807, 2.05) is 0 Å².